The number of benzene rings is 2. The van der Waals surface area contributed by atoms with E-state index in [0.29, 0.717) is 28.7 Å². The normalized spacial score (nSPS) is 24.2. The molecule has 2 aliphatic carbocycles. The van der Waals surface area contributed by atoms with E-state index in [0.717, 1.165) is 39.1 Å². The fraction of sp³-hybridized carbons (Fsp3) is 0.200. The Morgan fingerprint density at radius 3 is 2.56 bits per heavy atom. The summed E-state index contributed by atoms with van der Waals surface area (Å²) in [5.41, 5.74) is 4.78. The minimum atomic E-state index is -0.651. The van der Waals surface area contributed by atoms with Gasteiger partial charge in [-0.3, -0.25) is 29.5 Å². The van der Waals surface area contributed by atoms with Crippen LogP contribution < -0.4 is 5.32 Å². The standard InChI is InChI=1S/C30H21N5O5S/c1-13-6-24-18(30-19(28(30)37)12-31-27(13)30)11-25(41-24)26(36)22-9-14-7-16(2-4-20(14)33-22)32-29(38)23-10-15-8-17(35(39)40)3-5-21(15)34-23/h2-5,7-10,12-13,25,33-34H,6,11H2,1H3,(H,32,38). The molecule has 8 rings (SSSR count). The van der Waals surface area contributed by atoms with Crippen molar-refractivity contribution < 1.29 is 19.3 Å². The summed E-state index contributed by atoms with van der Waals surface area (Å²) in [7, 11) is 0. The molecule has 2 aromatic heterocycles. The lowest BCUT2D eigenvalue weighted by molar-refractivity contribution is -0.384. The maximum Gasteiger partial charge on any atom is 0.272 e. The number of non-ortho nitro benzene ring substituents is 1. The maximum absolute atomic E-state index is 13.6. The number of H-pyrrole nitrogens is 2. The third-order valence-electron chi connectivity index (χ3n) is 8.56. The van der Waals surface area contributed by atoms with Gasteiger partial charge in [-0.05, 0) is 59.7 Å². The molecule has 3 N–H and O–H groups in total. The molecule has 202 valence electrons. The number of allylic oxidation sites excluding steroid dienone is 3. The van der Waals surface area contributed by atoms with Crippen LogP contribution in [0, 0.1) is 21.4 Å². The van der Waals surface area contributed by atoms with E-state index in [2.05, 4.69) is 27.2 Å². The van der Waals surface area contributed by atoms with Crippen LogP contribution in [0.2, 0.25) is 0 Å². The number of ketones is 2. The molecule has 3 atom stereocenters. The average Bonchev–Trinajstić information content (AvgIpc) is 3.57. The number of hydrogen-bond donors (Lipinski definition) is 3. The van der Waals surface area contributed by atoms with E-state index in [9.17, 15) is 24.5 Å². The number of amides is 1. The molecular formula is C30H21N5O5S. The van der Waals surface area contributed by atoms with E-state index in [1.807, 2.05) is 6.07 Å². The third kappa shape index (κ3) is 3.32. The van der Waals surface area contributed by atoms with Gasteiger partial charge >= 0.3 is 0 Å². The first kappa shape index (κ1) is 24.1. The van der Waals surface area contributed by atoms with E-state index in [4.69, 9.17) is 0 Å². The third-order valence-corrected chi connectivity index (χ3v) is 9.92. The van der Waals surface area contributed by atoms with Gasteiger partial charge in [0.25, 0.3) is 11.6 Å². The number of nitro benzene ring substituents is 1. The van der Waals surface area contributed by atoms with Crippen LogP contribution >= 0.6 is 11.8 Å². The van der Waals surface area contributed by atoms with Gasteiger partial charge in [-0.25, -0.2) is 0 Å². The Morgan fingerprint density at radius 1 is 1.05 bits per heavy atom. The lowest BCUT2D eigenvalue weighted by Gasteiger charge is -2.27. The first-order valence-corrected chi connectivity index (χ1v) is 14.1. The Hall–Kier alpha value is -4.77. The van der Waals surface area contributed by atoms with Crippen molar-refractivity contribution in [1.82, 2.24) is 9.97 Å². The van der Waals surface area contributed by atoms with Gasteiger partial charge in [0.15, 0.2) is 11.6 Å². The highest BCUT2D eigenvalue weighted by molar-refractivity contribution is 8.04. The summed E-state index contributed by atoms with van der Waals surface area (Å²) in [5, 5.41) is 15.0. The summed E-state index contributed by atoms with van der Waals surface area (Å²) in [6.07, 6.45) is 3.06. The second-order valence-corrected chi connectivity index (χ2v) is 12.3. The number of fused-ring (bicyclic) bond motifs is 2. The van der Waals surface area contributed by atoms with Gasteiger partial charge in [-0.1, -0.05) is 6.92 Å². The minimum absolute atomic E-state index is 0.0162. The zero-order valence-corrected chi connectivity index (χ0v) is 22.4. The lowest BCUT2D eigenvalue weighted by Crippen LogP contribution is -2.31. The maximum atomic E-state index is 13.6. The van der Waals surface area contributed by atoms with Crippen molar-refractivity contribution in [3.8, 4) is 0 Å². The minimum Gasteiger partial charge on any atom is -0.352 e. The fourth-order valence-corrected chi connectivity index (χ4v) is 8.13. The molecule has 4 heterocycles. The zero-order valence-electron chi connectivity index (χ0n) is 21.6. The van der Waals surface area contributed by atoms with Crippen LogP contribution in [0.25, 0.3) is 21.8 Å². The first-order valence-electron chi connectivity index (χ1n) is 13.2. The Kier molecular flexibility index (Phi) is 4.77. The highest BCUT2D eigenvalue weighted by Gasteiger charge is 2.71. The largest absolute Gasteiger partial charge is 0.352 e. The van der Waals surface area contributed by atoms with Crippen LogP contribution in [0.1, 0.15) is 40.7 Å². The van der Waals surface area contributed by atoms with Gasteiger partial charge in [0.1, 0.15) is 11.1 Å². The van der Waals surface area contributed by atoms with Crippen LogP contribution in [0.4, 0.5) is 11.4 Å². The topological polar surface area (TPSA) is 150 Å². The van der Waals surface area contributed by atoms with Crippen molar-refractivity contribution in [1.29, 1.82) is 0 Å². The number of thioether (sulfide) groups is 1. The van der Waals surface area contributed by atoms with Crippen molar-refractivity contribution in [2.45, 2.75) is 25.0 Å². The predicted octanol–water partition coefficient (Wildman–Crippen LogP) is 5.70. The van der Waals surface area contributed by atoms with Gasteiger partial charge in [0.2, 0.25) is 0 Å². The fourth-order valence-electron chi connectivity index (χ4n) is 6.58. The van der Waals surface area contributed by atoms with Crippen LogP contribution in [0.15, 0.2) is 75.8 Å². The number of aliphatic imine (C=N–C) groups is 1. The Morgan fingerprint density at radius 2 is 1.78 bits per heavy atom. The van der Waals surface area contributed by atoms with E-state index in [1.165, 1.54) is 12.1 Å². The summed E-state index contributed by atoms with van der Waals surface area (Å²) in [5.74, 6) is -0.0814. The van der Waals surface area contributed by atoms with Crippen LogP contribution in [-0.4, -0.2) is 43.3 Å². The molecule has 1 spiro atoms. The number of hydrogen-bond acceptors (Lipinski definition) is 7. The second-order valence-electron chi connectivity index (χ2n) is 11.0. The summed E-state index contributed by atoms with van der Waals surface area (Å²) < 4.78 is 0. The van der Waals surface area contributed by atoms with E-state index < -0.39 is 10.3 Å². The first-order chi connectivity index (χ1) is 19.7. The van der Waals surface area contributed by atoms with Gasteiger partial charge in [-0.15, -0.1) is 11.8 Å². The molecule has 3 unspecified atom stereocenters. The van der Waals surface area contributed by atoms with Crippen LogP contribution in [0.5, 0.6) is 0 Å². The molecule has 4 aliphatic rings. The monoisotopic (exact) mass is 563 g/mol. The summed E-state index contributed by atoms with van der Waals surface area (Å²) in [6, 6.07) is 13.1. The molecule has 1 amide bonds. The Bertz CT molecular complexity index is 2030. The van der Waals surface area contributed by atoms with Crippen molar-refractivity contribution in [3.63, 3.8) is 0 Å². The number of nitrogens with one attached hydrogen (secondary N) is 3. The van der Waals surface area contributed by atoms with Crippen molar-refractivity contribution >= 4 is 68.1 Å². The van der Waals surface area contributed by atoms with Crippen molar-refractivity contribution in [3.05, 3.63) is 92.3 Å². The van der Waals surface area contributed by atoms with E-state index in [-0.39, 0.29) is 40.0 Å². The highest BCUT2D eigenvalue weighted by Crippen LogP contribution is 2.67. The number of anilines is 1. The quantitative estimate of drug-likeness (QED) is 0.161. The number of carbonyl (C=O) groups excluding carboxylic acids is 3. The summed E-state index contributed by atoms with van der Waals surface area (Å²) in [6.45, 7) is 2.10. The van der Waals surface area contributed by atoms with Gasteiger partial charge < -0.3 is 15.3 Å². The Labute approximate surface area is 236 Å². The SMILES string of the molecule is CC1CC2=C(CC(C(=O)c3cc4cc(NC(=O)c5cc6cc([N+](=O)[O-])ccc6[nH]5)ccc4[nH]3)S2)C23C(=O)C2=CN=C13. The Balaban J connectivity index is 1.01. The number of rotatable bonds is 5. The molecule has 11 heteroatoms. The molecule has 41 heavy (non-hydrogen) atoms. The summed E-state index contributed by atoms with van der Waals surface area (Å²) >= 11 is 1.58. The number of aromatic amines is 2. The lowest BCUT2D eigenvalue weighted by atomic mass is 9.75. The number of nitrogens with zero attached hydrogens (tertiary/aromatic N) is 2. The second kappa shape index (κ2) is 8.14. The summed E-state index contributed by atoms with van der Waals surface area (Å²) in [4.78, 5) is 61.8. The van der Waals surface area contributed by atoms with Gasteiger partial charge in [0, 0.05) is 63.0 Å². The molecule has 2 aliphatic heterocycles. The van der Waals surface area contributed by atoms with Gasteiger partial charge in [-0.2, -0.15) is 0 Å². The van der Waals surface area contributed by atoms with Crippen LogP contribution in [-0.2, 0) is 4.79 Å². The molecule has 1 saturated carbocycles. The van der Waals surface area contributed by atoms with Crippen molar-refractivity contribution in [2.24, 2.45) is 16.3 Å². The number of aromatic nitrogens is 2. The molecule has 0 radical (unpaired) electrons. The van der Waals surface area contributed by atoms with E-state index in [1.54, 1.807) is 48.3 Å². The molecule has 1 fully saturated rings. The predicted molar refractivity (Wildman–Crippen MR) is 155 cm³/mol. The molecule has 4 aromatic rings. The number of Topliss-reactive ketones (excluding diaryl/α,β-unsaturated/α-hetero) is 2. The molecule has 2 aromatic carbocycles. The van der Waals surface area contributed by atoms with Crippen molar-refractivity contribution in [2.75, 3.05) is 5.32 Å². The molecular weight excluding hydrogens is 542 g/mol. The molecule has 10 nitrogen and oxygen atoms in total. The molecule has 0 bridgehead atoms. The van der Waals surface area contributed by atoms with Crippen LogP contribution in [0.3, 0.4) is 0 Å². The smallest absolute Gasteiger partial charge is 0.272 e. The highest BCUT2D eigenvalue weighted by atomic mass is 32.2. The number of nitro groups is 1. The van der Waals surface area contributed by atoms with Gasteiger partial charge in [0.05, 0.1) is 15.9 Å². The van der Waals surface area contributed by atoms with E-state index >= 15 is 0 Å². The zero-order chi connectivity index (χ0) is 28.2. The number of carbonyl (C=O) groups is 3. The molecule has 0 saturated heterocycles. The average molecular weight is 564 g/mol.